The van der Waals surface area contributed by atoms with Gasteiger partial charge in [-0.2, -0.15) is 11.8 Å². The fourth-order valence-electron chi connectivity index (χ4n) is 3.46. The van der Waals surface area contributed by atoms with E-state index in [-0.39, 0.29) is 24.1 Å². The fraction of sp³-hybridized carbons (Fsp3) is 0.292. The number of hydrogen-bond acceptors (Lipinski definition) is 5. The SMILES string of the molecule is O=C(Cc1csc(Cc2ccc(F)cc2)n1)Nc1ccc(CC(=O)N2CCSCC2)cc1. The number of rotatable bonds is 7. The molecule has 3 aromatic rings. The first-order chi connectivity index (χ1) is 15.5. The van der Waals surface area contributed by atoms with Gasteiger partial charge in [-0.25, -0.2) is 9.37 Å². The van der Waals surface area contributed by atoms with Crippen LogP contribution in [0.25, 0.3) is 0 Å². The van der Waals surface area contributed by atoms with Crippen molar-refractivity contribution in [3.63, 3.8) is 0 Å². The Morgan fingerprint density at radius 2 is 1.66 bits per heavy atom. The van der Waals surface area contributed by atoms with Crippen LogP contribution in [-0.2, 0) is 28.9 Å². The molecule has 1 saturated heterocycles. The van der Waals surface area contributed by atoms with Gasteiger partial charge in [-0.3, -0.25) is 9.59 Å². The smallest absolute Gasteiger partial charge is 0.230 e. The second-order valence-electron chi connectivity index (χ2n) is 7.63. The second-order valence-corrected chi connectivity index (χ2v) is 9.80. The molecule has 2 amide bonds. The summed E-state index contributed by atoms with van der Waals surface area (Å²) < 4.78 is 13.0. The van der Waals surface area contributed by atoms with E-state index in [0.29, 0.717) is 24.2 Å². The minimum Gasteiger partial charge on any atom is -0.341 e. The third kappa shape index (κ3) is 6.40. The first-order valence-electron chi connectivity index (χ1n) is 10.5. The van der Waals surface area contributed by atoms with Gasteiger partial charge in [0.15, 0.2) is 0 Å². The van der Waals surface area contributed by atoms with Gasteiger partial charge in [0, 0.05) is 42.1 Å². The van der Waals surface area contributed by atoms with Crippen LogP contribution in [0.1, 0.15) is 21.8 Å². The van der Waals surface area contributed by atoms with Crippen LogP contribution in [0.3, 0.4) is 0 Å². The highest BCUT2D eigenvalue weighted by molar-refractivity contribution is 7.99. The van der Waals surface area contributed by atoms with Crippen molar-refractivity contribution in [1.29, 1.82) is 0 Å². The van der Waals surface area contributed by atoms with E-state index < -0.39 is 0 Å². The number of benzene rings is 2. The summed E-state index contributed by atoms with van der Waals surface area (Å²) in [5.74, 6) is 1.76. The number of thioether (sulfide) groups is 1. The number of thiazole rings is 1. The lowest BCUT2D eigenvalue weighted by molar-refractivity contribution is -0.130. The van der Waals surface area contributed by atoms with Gasteiger partial charge in [-0.05, 0) is 35.4 Å². The van der Waals surface area contributed by atoms with Crippen molar-refractivity contribution in [2.24, 2.45) is 0 Å². The van der Waals surface area contributed by atoms with E-state index in [0.717, 1.165) is 40.7 Å². The van der Waals surface area contributed by atoms with Crippen LogP contribution in [0, 0.1) is 5.82 Å². The number of nitrogens with one attached hydrogen (secondary N) is 1. The molecule has 1 aromatic heterocycles. The van der Waals surface area contributed by atoms with Gasteiger partial charge in [0.2, 0.25) is 11.8 Å². The van der Waals surface area contributed by atoms with E-state index >= 15 is 0 Å². The molecule has 0 radical (unpaired) electrons. The molecule has 0 unspecified atom stereocenters. The Morgan fingerprint density at radius 1 is 0.969 bits per heavy atom. The Labute approximate surface area is 195 Å². The number of aromatic nitrogens is 1. The van der Waals surface area contributed by atoms with Crippen molar-refractivity contribution >= 4 is 40.6 Å². The van der Waals surface area contributed by atoms with Crippen LogP contribution in [0.2, 0.25) is 0 Å². The molecule has 2 aromatic carbocycles. The molecule has 32 heavy (non-hydrogen) atoms. The largest absolute Gasteiger partial charge is 0.341 e. The third-order valence-electron chi connectivity index (χ3n) is 5.17. The summed E-state index contributed by atoms with van der Waals surface area (Å²) in [4.78, 5) is 31.2. The summed E-state index contributed by atoms with van der Waals surface area (Å²) in [6.45, 7) is 1.64. The van der Waals surface area contributed by atoms with Crippen LogP contribution in [0.4, 0.5) is 10.1 Å². The Balaban J connectivity index is 1.26. The van der Waals surface area contributed by atoms with Crippen molar-refractivity contribution < 1.29 is 14.0 Å². The molecule has 0 bridgehead atoms. The van der Waals surface area contributed by atoms with Gasteiger partial charge >= 0.3 is 0 Å². The fourth-order valence-corrected chi connectivity index (χ4v) is 5.19. The molecule has 166 valence electrons. The molecule has 5 nitrogen and oxygen atoms in total. The number of carbonyl (C=O) groups is 2. The third-order valence-corrected chi connectivity index (χ3v) is 7.01. The summed E-state index contributed by atoms with van der Waals surface area (Å²) >= 11 is 3.38. The zero-order valence-electron chi connectivity index (χ0n) is 17.6. The Morgan fingerprint density at radius 3 is 2.38 bits per heavy atom. The highest BCUT2D eigenvalue weighted by Crippen LogP contribution is 2.17. The topological polar surface area (TPSA) is 62.3 Å². The van der Waals surface area contributed by atoms with E-state index in [4.69, 9.17) is 0 Å². The lowest BCUT2D eigenvalue weighted by Gasteiger charge is -2.26. The van der Waals surface area contributed by atoms with E-state index in [9.17, 15) is 14.0 Å². The van der Waals surface area contributed by atoms with Gasteiger partial charge in [-0.15, -0.1) is 11.3 Å². The van der Waals surface area contributed by atoms with E-state index in [1.807, 2.05) is 46.3 Å². The maximum Gasteiger partial charge on any atom is 0.230 e. The second kappa shape index (κ2) is 10.7. The van der Waals surface area contributed by atoms with Crippen LogP contribution >= 0.6 is 23.1 Å². The van der Waals surface area contributed by atoms with Crippen molar-refractivity contribution in [2.75, 3.05) is 29.9 Å². The quantitative estimate of drug-likeness (QED) is 0.564. The Hall–Kier alpha value is -2.71. The van der Waals surface area contributed by atoms with Gasteiger partial charge in [0.25, 0.3) is 0 Å². The molecular formula is C24H24FN3O2S2. The van der Waals surface area contributed by atoms with Crippen LogP contribution in [0.15, 0.2) is 53.9 Å². The van der Waals surface area contributed by atoms with Crippen molar-refractivity contribution in [3.8, 4) is 0 Å². The number of hydrogen-bond donors (Lipinski definition) is 1. The number of carbonyl (C=O) groups excluding carboxylic acids is 2. The Bertz CT molecular complexity index is 1060. The first kappa shape index (κ1) is 22.5. The highest BCUT2D eigenvalue weighted by atomic mass is 32.2. The Kier molecular flexibility index (Phi) is 7.55. The summed E-state index contributed by atoms with van der Waals surface area (Å²) in [5, 5.41) is 5.66. The maximum absolute atomic E-state index is 13.0. The van der Waals surface area contributed by atoms with Crippen molar-refractivity contribution in [2.45, 2.75) is 19.3 Å². The highest BCUT2D eigenvalue weighted by Gasteiger charge is 2.17. The number of amides is 2. The number of anilines is 1. The van der Waals surface area contributed by atoms with Gasteiger partial charge in [0.05, 0.1) is 23.5 Å². The van der Waals surface area contributed by atoms with Crippen molar-refractivity contribution in [1.82, 2.24) is 9.88 Å². The molecule has 1 fully saturated rings. The molecule has 1 aliphatic heterocycles. The number of halogens is 1. The molecule has 2 heterocycles. The minimum absolute atomic E-state index is 0.140. The predicted molar refractivity (Wildman–Crippen MR) is 128 cm³/mol. The first-order valence-corrected chi connectivity index (χ1v) is 12.5. The maximum atomic E-state index is 13.0. The average Bonchev–Trinajstić information content (AvgIpc) is 3.23. The molecule has 4 rings (SSSR count). The van der Waals surface area contributed by atoms with E-state index in [2.05, 4.69) is 10.3 Å². The average molecular weight is 470 g/mol. The van der Waals surface area contributed by atoms with Crippen molar-refractivity contribution in [3.05, 3.63) is 81.6 Å². The van der Waals surface area contributed by atoms with Crippen LogP contribution < -0.4 is 5.32 Å². The molecule has 8 heteroatoms. The zero-order chi connectivity index (χ0) is 22.3. The number of nitrogens with zero attached hydrogens (tertiary/aromatic N) is 2. The van der Waals surface area contributed by atoms with Crippen LogP contribution in [0.5, 0.6) is 0 Å². The summed E-state index contributed by atoms with van der Waals surface area (Å²) in [7, 11) is 0. The predicted octanol–water partition coefficient (Wildman–Crippen LogP) is 4.17. The van der Waals surface area contributed by atoms with Crippen LogP contribution in [-0.4, -0.2) is 46.3 Å². The molecule has 1 N–H and O–H groups in total. The normalized spacial score (nSPS) is 13.7. The van der Waals surface area contributed by atoms with Gasteiger partial charge in [0.1, 0.15) is 5.82 Å². The van der Waals surface area contributed by atoms with Gasteiger partial charge < -0.3 is 10.2 Å². The monoisotopic (exact) mass is 469 g/mol. The molecule has 0 atom stereocenters. The summed E-state index contributed by atoms with van der Waals surface area (Å²) in [6.07, 6.45) is 1.19. The molecule has 0 aliphatic carbocycles. The molecule has 1 aliphatic rings. The minimum atomic E-state index is -0.258. The standard InChI is InChI=1S/C24H24FN3O2S2/c25-19-5-1-17(2-6-19)13-23-27-21(16-32-23)15-22(29)26-20-7-3-18(4-8-20)14-24(30)28-9-11-31-12-10-28/h1-8,16H,9-15H2,(H,26,29). The molecule has 0 saturated carbocycles. The van der Waals surface area contributed by atoms with E-state index in [1.165, 1.54) is 23.5 Å². The summed E-state index contributed by atoms with van der Waals surface area (Å²) in [5.41, 5.74) is 3.33. The summed E-state index contributed by atoms with van der Waals surface area (Å²) in [6, 6.07) is 13.8. The molecule has 0 spiro atoms. The molecular weight excluding hydrogens is 445 g/mol. The van der Waals surface area contributed by atoms with Gasteiger partial charge in [-0.1, -0.05) is 24.3 Å². The van der Waals surface area contributed by atoms with E-state index in [1.54, 1.807) is 12.1 Å². The lowest BCUT2D eigenvalue weighted by atomic mass is 10.1. The zero-order valence-corrected chi connectivity index (χ0v) is 19.2. The lowest BCUT2D eigenvalue weighted by Crippen LogP contribution is -2.38.